The number of hydrogen-bond donors (Lipinski definition) is 1. The van der Waals surface area contributed by atoms with Crippen LogP contribution in [0.2, 0.25) is 0 Å². The van der Waals surface area contributed by atoms with E-state index >= 15 is 0 Å². The Labute approximate surface area is 156 Å². The molecule has 27 heavy (non-hydrogen) atoms. The largest absolute Gasteiger partial charge is 0.497 e. The number of fused-ring (bicyclic) bond motifs is 1. The third kappa shape index (κ3) is 4.44. The first kappa shape index (κ1) is 18.4. The highest BCUT2D eigenvalue weighted by Crippen LogP contribution is 2.27. The molecule has 7 nitrogen and oxygen atoms in total. The quantitative estimate of drug-likeness (QED) is 0.782. The highest BCUT2D eigenvalue weighted by molar-refractivity contribution is 5.98. The number of amides is 2. The lowest BCUT2D eigenvalue weighted by Gasteiger charge is -2.17. The molecule has 0 unspecified atom stereocenters. The van der Waals surface area contributed by atoms with Crippen LogP contribution in [0.3, 0.4) is 0 Å². The Balaban J connectivity index is 1.46. The van der Waals surface area contributed by atoms with Gasteiger partial charge in [0.15, 0.2) is 6.61 Å². The number of methoxy groups -OCH3 is 1. The number of nitrogens with one attached hydrogen (secondary N) is 1. The minimum absolute atomic E-state index is 0.285. The van der Waals surface area contributed by atoms with E-state index < -0.39 is 11.9 Å². The molecule has 0 saturated heterocycles. The fourth-order valence-corrected chi connectivity index (χ4v) is 2.89. The van der Waals surface area contributed by atoms with E-state index in [1.54, 1.807) is 29.2 Å². The van der Waals surface area contributed by atoms with E-state index in [-0.39, 0.29) is 19.1 Å². The second kappa shape index (κ2) is 8.35. The number of rotatable bonds is 6. The van der Waals surface area contributed by atoms with Gasteiger partial charge < -0.3 is 19.7 Å². The second-order valence-corrected chi connectivity index (χ2v) is 6.00. The second-order valence-electron chi connectivity index (χ2n) is 6.00. The highest BCUT2D eigenvalue weighted by atomic mass is 16.5. The summed E-state index contributed by atoms with van der Waals surface area (Å²) < 4.78 is 10.0. The van der Waals surface area contributed by atoms with Crippen LogP contribution in [0, 0.1) is 0 Å². The number of hydrogen-bond acceptors (Lipinski definition) is 5. The van der Waals surface area contributed by atoms with Crippen LogP contribution in [0.4, 0.5) is 5.69 Å². The Hall–Kier alpha value is -3.35. The van der Waals surface area contributed by atoms with Gasteiger partial charge in [0.2, 0.25) is 0 Å². The van der Waals surface area contributed by atoms with E-state index in [2.05, 4.69) is 5.32 Å². The fraction of sp³-hybridized carbons (Fsp3) is 0.250. The molecule has 1 aliphatic rings. The van der Waals surface area contributed by atoms with E-state index in [1.165, 1.54) is 7.11 Å². The maximum Gasteiger partial charge on any atom is 0.325 e. The summed E-state index contributed by atoms with van der Waals surface area (Å²) in [7, 11) is 1.50. The van der Waals surface area contributed by atoms with Crippen LogP contribution in [-0.4, -0.2) is 44.6 Å². The molecule has 0 radical (unpaired) electrons. The lowest BCUT2D eigenvalue weighted by atomic mass is 10.2. The molecule has 0 atom stereocenters. The first-order chi connectivity index (χ1) is 13.1. The number of carbonyl (C=O) groups excluding carboxylic acids is 3. The molecule has 0 aliphatic carbocycles. The number of nitrogens with zero attached hydrogens (tertiary/aromatic N) is 1. The normalized spacial score (nSPS) is 12.3. The first-order valence-electron chi connectivity index (χ1n) is 8.54. The fourth-order valence-electron chi connectivity index (χ4n) is 2.89. The first-order valence-corrected chi connectivity index (χ1v) is 8.54. The zero-order valence-electron chi connectivity index (χ0n) is 14.9. The van der Waals surface area contributed by atoms with Crippen molar-refractivity contribution < 1.29 is 23.9 Å². The van der Waals surface area contributed by atoms with Gasteiger partial charge in [-0.1, -0.05) is 24.3 Å². The molecule has 0 saturated carbocycles. The average Bonchev–Trinajstić information content (AvgIpc) is 3.14. The Morgan fingerprint density at radius 3 is 2.74 bits per heavy atom. The van der Waals surface area contributed by atoms with Crippen LogP contribution in [-0.2, 0) is 20.7 Å². The van der Waals surface area contributed by atoms with Gasteiger partial charge in [0.1, 0.15) is 12.3 Å². The highest BCUT2D eigenvalue weighted by Gasteiger charge is 2.24. The summed E-state index contributed by atoms with van der Waals surface area (Å²) in [5, 5.41) is 2.47. The Morgan fingerprint density at radius 1 is 1.11 bits per heavy atom. The Bertz CT molecular complexity index is 865. The van der Waals surface area contributed by atoms with Gasteiger partial charge in [0.25, 0.3) is 11.8 Å². The minimum Gasteiger partial charge on any atom is -0.497 e. The van der Waals surface area contributed by atoms with Gasteiger partial charge in [0, 0.05) is 17.8 Å². The van der Waals surface area contributed by atoms with Crippen LogP contribution < -0.4 is 15.0 Å². The number of ether oxygens (including phenoxy) is 2. The number of para-hydroxylation sites is 1. The summed E-state index contributed by atoms with van der Waals surface area (Å²) in [4.78, 5) is 37.8. The number of carbonyl (C=O) groups is 3. The summed E-state index contributed by atoms with van der Waals surface area (Å²) in [6.45, 7) is -0.107. The summed E-state index contributed by atoms with van der Waals surface area (Å²) in [5.41, 5.74) is 2.32. The van der Waals surface area contributed by atoms with Crippen molar-refractivity contribution in [2.75, 3.05) is 31.7 Å². The van der Waals surface area contributed by atoms with Gasteiger partial charge in [-0.2, -0.15) is 0 Å². The summed E-state index contributed by atoms with van der Waals surface area (Å²) in [5.74, 6) is -0.841. The molecule has 3 rings (SSSR count). The van der Waals surface area contributed by atoms with Gasteiger partial charge in [-0.15, -0.1) is 0 Å². The zero-order chi connectivity index (χ0) is 19.2. The standard InChI is InChI=1S/C20H20N2O5/c1-26-16-7-4-6-15(11-16)20(25)21-12-19(24)27-13-18(23)22-10-9-14-5-2-3-8-17(14)22/h2-8,11H,9-10,12-13H2,1H3,(H,21,25). The van der Waals surface area contributed by atoms with Gasteiger partial charge in [-0.3, -0.25) is 14.4 Å². The predicted molar refractivity (Wildman–Crippen MR) is 98.8 cm³/mol. The van der Waals surface area contributed by atoms with Crippen molar-refractivity contribution in [1.29, 1.82) is 0 Å². The van der Waals surface area contributed by atoms with Gasteiger partial charge in [-0.25, -0.2) is 0 Å². The molecule has 0 fully saturated rings. The minimum atomic E-state index is -0.674. The summed E-state index contributed by atoms with van der Waals surface area (Å²) in [6, 6.07) is 14.2. The van der Waals surface area contributed by atoms with Gasteiger partial charge in [0.05, 0.1) is 7.11 Å². The molecular formula is C20H20N2O5. The molecule has 0 aromatic heterocycles. The molecule has 2 aromatic carbocycles. The molecular weight excluding hydrogens is 348 g/mol. The molecule has 2 aromatic rings. The number of anilines is 1. The van der Waals surface area contributed by atoms with E-state index in [0.29, 0.717) is 17.9 Å². The molecule has 7 heteroatoms. The van der Waals surface area contributed by atoms with E-state index in [9.17, 15) is 14.4 Å². The topological polar surface area (TPSA) is 84.9 Å². The lowest BCUT2D eigenvalue weighted by Crippen LogP contribution is -2.35. The third-order valence-electron chi connectivity index (χ3n) is 4.27. The van der Waals surface area contributed by atoms with Gasteiger partial charge in [-0.05, 0) is 36.2 Å². The number of benzene rings is 2. The van der Waals surface area contributed by atoms with Crippen molar-refractivity contribution in [3.8, 4) is 5.75 Å². The SMILES string of the molecule is COc1cccc(C(=O)NCC(=O)OCC(=O)N2CCc3ccccc32)c1. The Kier molecular flexibility index (Phi) is 5.71. The lowest BCUT2D eigenvalue weighted by molar-refractivity contribution is -0.146. The predicted octanol–water partition coefficient (Wildman–Crippen LogP) is 1.56. The monoisotopic (exact) mass is 368 g/mol. The van der Waals surface area contributed by atoms with E-state index in [0.717, 1.165) is 17.7 Å². The Morgan fingerprint density at radius 2 is 1.93 bits per heavy atom. The van der Waals surface area contributed by atoms with Crippen LogP contribution in [0.25, 0.3) is 0 Å². The van der Waals surface area contributed by atoms with Crippen molar-refractivity contribution in [1.82, 2.24) is 5.32 Å². The van der Waals surface area contributed by atoms with E-state index in [4.69, 9.17) is 9.47 Å². The number of esters is 1. The van der Waals surface area contributed by atoms with Crippen LogP contribution in [0.15, 0.2) is 48.5 Å². The molecule has 2 amide bonds. The third-order valence-corrected chi connectivity index (χ3v) is 4.27. The average molecular weight is 368 g/mol. The van der Waals surface area contributed by atoms with Crippen molar-refractivity contribution in [3.63, 3.8) is 0 Å². The van der Waals surface area contributed by atoms with Crippen molar-refractivity contribution in [3.05, 3.63) is 59.7 Å². The molecule has 140 valence electrons. The van der Waals surface area contributed by atoms with Gasteiger partial charge >= 0.3 is 5.97 Å². The molecule has 1 heterocycles. The maximum atomic E-state index is 12.3. The summed E-state index contributed by atoms with van der Waals surface area (Å²) in [6.07, 6.45) is 0.784. The smallest absolute Gasteiger partial charge is 0.325 e. The summed E-state index contributed by atoms with van der Waals surface area (Å²) >= 11 is 0. The van der Waals surface area contributed by atoms with Crippen LogP contribution in [0.1, 0.15) is 15.9 Å². The molecule has 1 N–H and O–H groups in total. The zero-order valence-corrected chi connectivity index (χ0v) is 14.9. The van der Waals surface area contributed by atoms with Crippen molar-refractivity contribution >= 4 is 23.5 Å². The molecule has 1 aliphatic heterocycles. The van der Waals surface area contributed by atoms with Crippen molar-refractivity contribution in [2.45, 2.75) is 6.42 Å². The van der Waals surface area contributed by atoms with E-state index in [1.807, 2.05) is 24.3 Å². The maximum absolute atomic E-state index is 12.3. The van der Waals surface area contributed by atoms with Crippen molar-refractivity contribution in [2.24, 2.45) is 0 Å². The molecule has 0 spiro atoms. The van der Waals surface area contributed by atoms with Crippen LogP contribution in [0.5, 0.6) is 5.75 Å². The molecule has 0 bridgehead atoms. The van der Waals surface area contributed by atoms with Crippen LogP contribution >= 0.6 is 0 Å².